The van der Waals surface area contributed by atoms with E-state index in [4.69, 9.17) is 4.74 Å². The van der Waals surface area contributed by atoms with Gasteiger partial charge < -0.3 is 10.1 Å². The molecule has 2 atom stereocenters. The number of pyridine rings is 1. The molecule has 1 aliphatic heterocycles. The lowest BCUT2D eigenvalue weighted by Crippen LogP contribution is -2.35. The van der Waals surface area contributed by atoms with Crippen LogP contribution in [0.2, 0.25) is 0 Å². The Morgan fingerprint density at radius 1 is 1.41 bits per heavy atom. The first-order valence-electron chi connectivity index (χ1n) is 6.63. The molecule has 94 valence electrons. The van der Waals surface area contributed by atoms with Crippen LogP contribution < -0.4 is 10.1 Å². The minimum atomic E-state index is 0.633. The highest BCUT2D eigenvalue weighted by atomic mass is 16.5. The molecule has 2 heterocycles. The highest BCUT2D eigenvalue weighted by molar-refractivity contribution is 5.27. The molecular weight excluding hydrogens is 212 g/mol. The smallest absolute Gasteiger partial charge is 0.137 e. The highest BCUT2D eigenvalue weighted by Crippen LogP contribution is 2.33. The van der Waals surface area contributed by atoms with Crippen molar-refractivity contribution in [2.75, 3.05) is 19.7 Å². The average molecular weight is 234 g/mol. The van der Waals surface area contributed by atoms with Crippen LogP contribution in [0.15, 0.2) is 18.5 Å². The van der Waals surface area contributed by atoms with E-state index in [1.54, 1.807) is 6.20 Å². The highest BCUT2D eigenvalue weighted by Gasteiger charge is 2.25. The summed E-state index contributed by atoms with van der Waals surface area (Å²) in [6.07, 6.45) is 6.22. The summed E-state index contributed by atoms with van der Waals surface area (Å²) in [7, 11) is 0. The standard InChI is InChI=1S/C14H22N2O/c1-3-11-8-15-6-5-14(11)12-7-13(17-4-2)10-16-9-12/h7,9-11,14-15H,3-6,8H2,1-2H3. The first-order valence-corrected chi connectivity index (χ1v) is 6.63. The normalized spacial score (nSPS) is 24.6. The SMILES string of the molecule is CCOc1cncc(C2CCNCC2CC)c1. The third kappa shape index (κ3) is 2.97. The molecule has 3 nitrogen and oxygen atoms in total. The van der Waals surface area contributed by atoms with Gasteiger partial charge in [-0.05, 0) is 49.9 Å². The van der Waals surface area contributed by atoms with Gasteiger partial charge in [0.15, 0.2) is 0 Å². The van der Waals surface area contributed by atoms with Crippen LogP contribution in [-0.4, -0.2) is 24.7 Å². The fourth-order valence-electron chi connectivity index (χ4n) is 2.67. The number of aromatic nitrogens is 1. The number of nitrogens with one attached hydrogen (secondary N) is 1. The maximum Gasteiger partial charge on any atom is 0.137 e. The van der Waals surface area contributed by atoms with Crippen LogP contribution in [0.25, 0.3) is 0 Å². The van der Waals surface area contributed by atoms with E-state index >= 15 is 0 Å². The molecule has 1 fully saturated rings. The number of hydrogen-bond acceptors (Lipinski definition) is 3. The minimum Gasteiger partial charge on any atom is -0.492 e. The summed E-state index contributed by atoms with van der Waals surface area (Å²) in [6, 6.07) is 2.16. The maximum atomic E-state index is 5.53. The van der Waals surface area contributed by atoms with E-state index < -0.39 is 0 Å². The summed E-state index contributed by atoms with van der Waals surface area (Å²) in [5.74, 6) is 2.26. The average Bonchev–Trinajstić information content (AvgIpc) is 2.39. The van der Waals surface area contributed by atoms with Crippen molar-refractivity contribution in [1.29, 1.82) is 0 Å². The first-order chi connectivity index (χ1) is 8.35. The van der Waals surface area contributed by atoms with Gasteiger partial charge >= 0.3 is 0 Å². The summed E-state index contributed by atoms with van der Waals surface area (Å²) in [5.41, 5.74) is 1.34. The zero-order valence-corrected chi connectivity index (χ0v) is 10.8. The van der Waals surface area contributed by atoms with Gasteiger partial charge in [-0.25, -0.2) is 0 Å². The topological polar surface area (TPSA) is 34.1 Å². The number of hydrogen-bond donors (Lipinski definition) is 1. The van der Waals surface area contributed by atoms with E-state index in [0.29, 0.717) is 12.5 Å². The second-order valence-corrected chi connectivity index (χ2v) is 4.65. The van der Waals surface area contributed by atoms with Crippen LogP contribution >= 0.6 is 0 Å². The quantitative estimate of drug-likeness (QED) is 0.869. The third-order valence-electron chi connectivity index (χ3n) is 3.61. The lowest BCUT2D eigenvalue weighted by Gasteiger charge is -2.31. The van der Waals surface area contributed by atoms with Crippen molar-refractivity contribution in [3.8, 4) is 5.75 Å². The molecule has 3 heteroatoms. The van der Waals surface area contributed by atoms with Crippen LogP contribution in [0.3, 0.4) is 0 Å². The van der Waals surface area contributed by atoms with E-state index in [-0.39, 0.29) is 0 Å². The lowest BCUT2D eigenvalue weighted by atomic mass is 9.80. The predicted molar refractivity (Wildman–Crippen MR) is 69.4 cm³/mol. The second-order valence-electron chi connectivity index (χ2n) is 4.65. The number of nitrogens with zero attached hydrogens (tertiary/aromatic N) is 1. The van der Waals surface area contributed by atoms with E-state index in [1.807, 2.05) is 13.1 Å². The number of piperidine rings is 1. The van der Waals surface area contributed by atoms with Crippen LogP contribution in [0.4, 0.5) is 0 Å². The van der Waals surface area contributed by atoms with Gasteiger partial charge in [0.05, 0.1) is 12.8 Å². The summed E-state index contributed by atoms with van der Waals surface area (Å²) >= 11 is 0. The number of rotatable bonds is 4. The van der Waals surface area contributed by atoms with Crippen molar-refractivity contribution >= 4 is 0 Å². The monoisotopic (exact) mass is 234 g/mol. The molecule has 2 unspecified atom stereocenters. The van der Waals surface area contributed by atoms with Gasteiger partial charge in [-0.15, -0.1) is 0 Å². The number of ether oxygens (including phenoxy) is 1. The molecule has 0 saturated carbocycles. The van der Waals surface area contributed by atoms with Crippen molar-refractivity contribution in [2.24, 2.45) is 5.92 Å². The molecule has 0 aromatic carbocycles. The van der Waals surface area contributed by atoms with Crippen LogP contribution in [0, 0.1) is 5.92 Å². The largest absolute Gasteiger partial charge is 0.492 e. The molecule has 0 aliphatic carbocycles. The van der Waals surface area contributed by atoms with Gasteiger partial charge in [0.2, 0.25) is 0 Å². The molecule has 0 bridgehead atoms. The Kier molecular flexibility index (Phi) is 4.37. The second kappa shape index (κ2) is 6.01. The lowest BCUT2D eigenvalue weighted by molar-refractivity contribution is 0.313. The fraction of sp³-hybridized carbons (Fsp3) is 0.643. The molecule has 17 heavy (non-hydrogen) atoms. The Hall–Kier alpha value is -1.09. The van der Waals surface area contributed by atoms with Gasteiger partial charge in [-0.1, -0.05) is 13.3 Å². The molecule has 1 N–H and O–H groups in total. The van der Waals surface area contributed by atoms with Crippen molar-refractivity contribution in [2.45, 2.75) is 32.6 Å². The van der Waals surface area contributed by atoms with E-state index in [2.05, 4.69) is 23.3 Å². The molecule has 0 radical (unpaired) electrons. The van der Waals surface area contributed by atoms with Gasteiger partial charge in [-0.2, -0.15) is 0 Å². The van der Waals surface area contributed by atoms with Gasteiger partial charge in [0.1, 0.15) is 5.75 Å². The predicted octanol–water partition coefficient (Wildman–Crippen LogP) is 2.58. The van der Waals surface area contributed by atoms with Crippen LogP contribution in [0.1, 0.15) is 38.2 Å². The zero-order chi connectivity index (χ0) is 12.1. The van der Waals surface area contributed by atoms with E-state index in [1.165, 1.54) is 18.4 Å². The van der Waals surface area contributed by atoms with Crippen molar-refractivity contribution in [1.82, 2.24) is 10.3 Å². The molecular formula is C14H22N2O. The molecule has 1 aromatic heterocycles. The molecule has 1 aromatic rings. The Balaban J connectivity index is 2.16. The molecule has 0 amide bonds. The summed E-state index contributed by atoms with van der Waals surface area (Å²) < 4.78 is 5.53. The first kappa shape index (κ1) is 12.4. The summed E-state index contributed by atoms with van der Waals surface area (Å²) in [4.78, 5) is 4.30. The van der Waals surface area contributed by atoms with E-state index in [9.17, 15) is 0 Å². The van der Waals surface area contributed by atoms with Crippen LogP contribution in [-0.2, 0) is 0 Å². The molecule has 2 rings (SSSR count). The third-order valence-corrected chi connectivity index (χ3v) is 3.61. The molecule has 1 saturated heterocycles. The van der Waals surface area contributed by atoms with Gasteiger partial charge in [0.25, 0.3) is 0 Å². The van der Waals surface area contributed by atoms with Crippen molar-refractivity contribution in [3.05, 3.63) is 24.0 Å². The fourth-order valence-corrected chi connectivity index (χ4v) is 2.67. The Morgan fingerprint density at radius 3 is 3.06 bits per heavy atom. The van der Waals surface area contributed by atoms with Gasteiger partial charge in [0, 0.05) is 6.20 Å². The van der Waals surface area contributed by atoms with Crippen molar-refractivity contribution < 1.29 is 4.74 Å². The summed E-state index contributed by atoms with van der Waals surface area (Å²) in [6.45, 7) is 7.21. The van der Waals surface area contributed by atoms with Crippen LogP contribution in [0.5, 0.6) is 5.75 Å². The Morgan fingerprint density at radius 2 is 2.29 bits per heavy atom. The molecule has 1 aliphatic rings. The zero-order valence-electron chi connectivity index (χ0n) is 10.8. The van der Waals surface area contributed by atoms with Crippen molar-refractivity contribution in [3.63, 3.8) is 0 Å². The van der Waals surface area contributed by atoms with Gasteiger partial charge in [-0.3, -0.25) is 4.98 Å². The summed E-state index contributed by atoms with van der Waals surface area (Å²) in [5, 5.41) is 3.47. The minimum absolute atomic E-state index is 0.633. The maximum absolute atomic E-state index is 5.53. The van der Waals surface area contributed by atoms with E-state index in [0.717, 1.165) is 24.8 Å². The Bertz CT molecular complexity index is 354. The molecule has 0 spiro atoms. The Labute approximate surface area is 104 Å².